The molecule has 1 unspecified atom stereocenters. The molecule has 1 heterocycles. The van der Waals surface area contributed by atoms with Crippen LogP contribution in [0.1, 0.15) is 0 Å². The van der Waals surface area contributed by atoms with E-state index in [1.165, 1.54) is 12.1 Å². The first-order valence-electron chi connectivity index (χ1n) is 3.60. The van der Waals surface area contributed by atoms with Crippen LogP contribution in [0, 0.1) is 0 Å². The van der Waals surface area contributed by atoms with E-state index in [-0.39, 0.29) is 21.0 Å². The first-order valence-corrected chi connectivity index (χ1v) is 5.39. The summed E-state index contributed by atoms with van der Waals surface area (Å²) < 4.78 is 30.9. The van der Waals surface area contributed by atoms with Crippen LogP contribution in [-0.2, 0) is 23.5 Å². The van der Waals surface area contributed by atoms with Gasteiger partial charge in [-0.15, -0.1) is 0 Å². The summed E-state index contributed by atoms with van der Waals surface area (Å²) in [7, 11) is -4.05. The molecule has 79 valence electrons. The third-order valence-electron chi connectivity index (χ3n) is 1.73. The van der Waals surface area contributed by atoms with E-state index in [2.05, 4.69) is 25.1 Å². The van der Waals surface area contributed by atoms with Crippen LogP contribution in [0.15, 0.2) is 21.7 Å². The molecule has 1 radical (unpaired) electrons. The van der Waals surface area contributed by atoms with Gasteiger partial charge in [-0.3, -0.25) is 0 Å². The topological polar surface area (TPSA) is 111 Å². The molecular weight excluding hydrogens is 246 g/mol. The number of halogens is 1. The zero-order valence-electron chi connectivity index (χ0n) is 7.05. The van der Waals surface area contributed by atoms with E-state index in [0.717, 1.165) is 0 Å². The second kappa shape index (κ2) is 3.51. The van der Waals surface area contributed by atoms with Gasteiger partial charge in [0.15, 0.2) is 11.0 Å². The quantitative estimate of drug-likeness (QED) is 0.625. The van der Waals surface area contributed by atoms with E-state index in [9.17, 15) is 8.76 Å². The predicted molar refractivity (Wildman–Crippen MR) is 49.1 cm³/mol. The maximum atomic E-state index is 11.3. The van der Waals surface area contributed by atoms with Gasteiger partial charge in [0, 0.05) is 6.07 Å². The molecule has 15 heavy (non-hydrogen) atoms. The summed E-state index contributed by atoms with van der Waals surface area (Å²) in [4.78, 5) is -0.245. The average molecular weight is 250 g/mol. The SMILES string of the molecule is NO[S+]([O])(=O)c1ccc(Cl)c2nonc12. The van der Waals surface area contributed by atoms with E-state index >= 15 is 0 Å². The molecule has 0 aliphatic carbocycles. The second-order valence-corrected chi connectivity index (χ2v) is 4.51. The Morgan fingerprint density at radius 1 is 1.40 bits per heavy atom. The van der Waals surface area contributed by atoms with Gasteiger partial charge < -0.3 is 0 Å². The minimum absolute atomic E-state index is 0.0204. The summed E-state index contributed by atoms with van der Waals surface area (Å²) in [5.41, 5.74) is 0.114. The average Bonchev–Trinajstić information content (AvgIpc) is 2.67. The third kappa shape index (κ3) is 1.62. The summed E-state index contributed by atoms with van der Waals surface area (Å²) in [6.45, 7) is 0. The van der Waals surface area contributed by atoms with Crippen molar-refractivity contribution in [3.8, 4) is 0 Å². The van der Waals surface area contributed by atoms with Crippen LogP contribution in [0.5, 0.6) is 0 Å². The molecule has 1 aromatic heterocycles. The number of benzene rings is 1. The summed E-state index contributed by atoms with van der Waals surface area (Å²) in [5, 5.41) is 7.08. The predicted octanol–water partition coefficient (Wildman–Crippen LogP) is 0.885. The Hall–Kier alpha value is -1.06. The Morgan fingerprint density at radius 2 is 2.07 bits per heavy atom. The zero-order valence-corrected chi connectivity index (χ0v) is 8.62. The first kappa shape index (κ1) is 10.5. The van der Waals surface area contributed by atoms with Gasteiger partial charge in [-0.25, -0.2) is 4.63 Å². The van der Waals surface area contributed by atoms with Crippen LogP contribution < -0.4 is 5.90 Å². The van der Waals surface area contributed by atoms with Gasteiger partial charge >= 0.3 is 10.5 Å². The number of fused-ring (bicyclic) bond motifs is 1. The Balaban J connectivity index is 2.78. The lowest BCUT2D eigenvalue weighted by Gasteiger charge is -1.96. The van der Waals surface area contributed by atoms with Crippen molar-refractivity contribution in [3.05, 3.63) is 17.2 Å². The zero-order chi connectivity index (χ0) is 11.1. The highest BCUT2D eigenvalue weighted by Gasteiger charge is 2.38. The number of aromatic nitrogens is 2. The normalized spacial score (nSPS) is 15.4. The summed E-state index contributed by atoms with van der Waals surface area (Å²) in [6.07, 6.45) is 0. The Bertz CT molecular complexity index is 556. The van der Waals surface area contributed by atoms with Crippen molar-refractivity contribution >= 4 is 33.1 Å². The van der Waals surface area contributed by atoms with Crippen LogP contribution in [-0.4, -0.2) is 10.3 Å². The van der Waals surface area contributed by atoms with E-state index in [1.54, 1.807) is 0 Å². The lowest BCUT2D eigenvalue weighted by molar-refractivity contribution is 0.261. The van der Waals surface area contributed by atoms with Crippen molar-refractivity contribution in [1.29, 1.82) is 0 Å². The molecule has 0 bridgehead atoms. The summed E-state index contributed by atoms with van der Waals surface area (Å²) in [6, 6.07) is 2.54. The van der Waals surface area contributed by atoms with E-state index < -0.39 is 10.5 Å². The van der Waals surface area contributed by atoms with Gasteiger partial charge in [0.1, 0.15) is 0 Å². The van der Waals surface area contributed by atoms with Gasteiger partial charge in [-0.2, -0.15) is 5.90 Å². The molecule has 2 aromatic rings. The standard InChI is InChI=1S/C6H4ClN3O4S/c7-3-1-2-4(15(11,12)13-8)6-5(3)9-14-10-6/h1-2H,8H2/q+1. The third-order valence-corrected chi connectivity index (χ3v) is 3.15. The number of rotatable bonds is 2. The molecule has 0 saturated carbocycles. The van der Waals surface area contributed by atoms with E-state index in [0.29, 0.717) is 0 Å². The highest BCUT2D eigenvalue weighted by Crippen LogP contribution is 2.29. The molecule has 0 aliphatic rings. The van der Waals surface area contributed by atoms with Gasteiger partial charge in [-0.05, 0) is 24.9 Å². The monoisotopic (exact) mass is 249 g/mol. The molecule has 1 atom stereocenters. The maximum absolute atomic E-state index is 11.3. The molecule has 2 rings (SSSR count). The van der Waals surface area contributed by atoms with Crippen molar-refractivity contribution in [2.45, 2.75) is 4.90 Å². The fourth-order valence-corrected chi connectivity index (χ4v) is 1.96. The van der Waals surface area contributed by atoms with Crippen LogP contribution in [0.25, 0.3) is 11.0 Å². The highest BCUT2D eigenvalue weighted by atomic mass is 35.5. The molecule has 1 aromatic carbocycles. The maximum Gasteiger partial charge on any atom is 0.449 e. The molecule has 0 fully saturated rings. The largest absolute Gasteiger partial charge is 0.449 e. The van der Waals surface area contributed by atoms with E-state index in [1.807, 2.05) is 0 Å². The molecule has 0 aliphatic heterocycles. The number of nitrogens with zero attached hydrogens (tertiary/aromatic N) is 2. The molecule has 0 saturated heterocycles. The smallest absolute Gasteiger partial charge is 0.243 e. The molecule has 7 nitrogen and oxygen atoms in total. The summed E-state index contributed by atoms with van der Waals surface area (Å²) >= 11 is 5.73. The summed E-state index contributed by atoms with van der Waals surface area (Å²) in [5.74, 6) is 4.64. The Kier molecular flexibility index (Phi) is 2.44. The first-order chi connectivity index (χ1) is 7.06. The lowest BCUT2D eigenvalue weighted by Crippen LogP contribution is -2.17. The van der Waals surface area contributed by atoms with E-state index in [4.69, 9.17) is 11.6 Å². The van der Waals surface area contributed by atoms with Gasteiger partial charge in [0.25, 0.3) is 4.90 Å². The molecule has 0 spiro atoms. The molecular formula is C6H4ClN3O4S+. The van der Waals surface area contributed by atoms with Crippen molar-refractivity contribution < 1.29 is 17.7 Å². The van der Waals surface area contributed by atoms with Crippen molar-refractivity contribution in [2.24, 2.45) is 5.90 Å². The van der Waals surface area contributed by atoms with Crippen molar-refractivity contribution in [2.75, 3.05) is 0 Å². The molecule has 2 N–H and O–H groups in total. The number of hydrogen-bond donors (Lipinski definition) is 1. The second-order valence-electron chi connectivity index (χ2n) is 2.56. The van der Waals surface area contributed by atoms with Gasteiger partial charge in [-0.1, -0.05) is 11.6 Å². The van der Waals surface area contributed by atoms with Crippen LogP contribution in [0.4, 0.5) is 0 Å². The van der Waals surface area contributed by atoms with Crippen LogP contribution in [0.3, 0.4) is 0 Å². The fraction of sp³-hybridized carbons (Fsp3) is 0. The van der Waals surface area contributed by atoms with Crippen LogP contribution in [0.2, 0.25) is 5.02 Å². The highest BCUT2D eigenvalue weighted by molar-refractivity contribution is 7.93. The fourth-order valence-electron chi connectivity index (χ4n) is 1.07. The lowest BCUT2D eigenvalue weighted by atomic mass is 10.3. The van der Waals surface area contributed by atoms with Crippen molar-refractivity contribution in [1.82, 2.24) is 10.3 Å². The van der Waals surface area contributed by atoms with Crippen molar-refractivity contribution in [3.63, 3.8) is 0 Å². The number of nitrogens with two attached hydrogens (primary N) is 1. The number of hydrogen-bond acceptors (Lipinski definition) is 6. The van der Waals surface area contributed by atoms with Gasteiger partial charge in [0.2, 0.25) is 0 Å². The van der Waals surface area contributed by atoms with Crippen LogP contribution >= 0.6 is 11.6 Å². The van der Waals surface area contributed by atoms with Gasteiger partial charge in [0.05, 0.1) is 9.58 Å². The minimum atomic E-state index is -4.05. The molecule has 0 amide bonds. The minimum Gasteiger partial charge on any atom is -0.243 e. The Labute approximate surface area is 89.5 Å². The molecule has 9 heteroatoms. The Morgan fingerprint density at radius 3 is 2.73 bits per heavy atom.